The molecule has 0 saturated carbocycles. The van der Waals surface area contributed by atoms with Crippen molar-refractivity contribution in [2.24, 2.45) is 0 Å². The maximum absolute atomic E-state index is 13.6. The van der Waals surface area contributed by atoms with E-state index in [0.29, 0.717) is 12.2 Å². The van der Waals surface area contributed by atoms with Crippen molar-refractivity contribution in [2.75, 3.05) is 6.54 Å². The van der Waals surface area contributed by atoms with Gasteiger partial charge in [-0.3, -0.25) is 0 Å². The molecule has 2 aromatic carbocycles. The SMILES string of the molecule is C=C(NC1=CC(c2ccccc2C(F)(F)F)NC2=C1C=CNC2)c1ccccc1C. The second-order valence-corrected chi connectivity index (χ2v) is 7.31. The summed E-state index contributed by atoms with van der Waals surface area (Å²) in [5.41, 5.74) is 4.75. The van der Waals surface area contributed by atoms with Crippen LogP contribution in [-0.4, -0.2) is 6.54 Å². The molecule has 2 heterocycles. The van der Waals surface area contributed by atoms with Crippen LogP contribution in [0.3, 0.4) is 0 Å². The van der Waals surface area contributed by atoms with Crippen LogP contribution >= 0.6 is 0 Å². The van der Waals surface area contributed by atoms with Crippen LogP contribution in [0.2, 0.25) is 0 Å². The lowest BCUT2D eigenvalue weighted by atomic mass is 9.93. The summed E-state index contributed by atoms with van der Waals surface area (Å²) in [7, 11) is 0. The van der Waals surface area contributed by atoms with Gasteiger partial charge in [0.15, 0.2) is 0 Å². The van der Waals surface area contributed by atoms with E-state index in [1.165, 1.54) is 12.1 Å². The van der Waals surface area contributed by atoms with Gasteiger partial charge in [-0.15, -0.1) is 0 Å². The number of hydrogen-bond acceptors (Lipinski definition) is 3. The highest BCUT2D eigenvalue weighted by atomic mass is 19.4. The first-order valence-electron chi connectivity index (χ1n) is 9.64. The summed E-state index contributed by atoms with van der Waals surface area (Å²) in [6, 6.07) is 12.9. The molecule has 2 aliphatic heterocycles. The Morgan fingerprint density at radius 1 is 1.10 bits per heavy atom. The van der Waals surface area contributed by atoms with Crippen LogP contribution in [0, 0.1) is 6.92 Å². The molecule has 0 bridgehead atoms. The van der Waals surface area contributed by atoms with Gasteiger partial charge in [-0.2, -0.15) is 13.2 Å². The van der Waals surface area contributed by atoms with Gasteiger partial charge in [0.2, 0.25) is 0 Å². The lowest BCUT2D eigenvalue weighted by molar-refractivity contribution is -0.138. The van der Waals surface area contributed by atoms with Crippen LogP contribution in [-0.2, 0) is 6.18 Å². The Bertz CT molecular complexity index is 1080. The van der Waals surface area contributed by atoms with Crippen LogP contribution in [0.4, 0.5) is 13.2 Å². The molecule has 6 heteroatoms. The van der Waals surface area contributed by atoms with Crippen molar-refractivity contribution in [2.45, 2.75) is 19.1 Å². The van der Waals surface area contributed by atoms with Gasteiger partial charge in [-0.1, -0.05) is 49.0 Å². The van der Waals surface area contributed by atoms with Gasteiger partial charge in [0.1, 0.15) is 0 Å². The third kappa shape index (κ3) is 3.85. The molecule has 0 amide bonds. The molecule has 0 radical (unpaired) electrons. The second kappa shape index (κ2) is 7.78. The van der Waals surface area contributed by atoms with E-state index in [0.717, 1.165) is 34.2 Å². The smallest absolute Gasteiger partial charge is 0.385 e. The predicted molar refractivity (Wildman–Crippen MR) is 113 cm³/mol. The zero-order valence-corrected chi connectivity index (χ0v) is 16.5. The van der Waals surface area contributed by atoms with E-state index >= 15 is 0 Å². The minimum Gasteiger partial charge on any atom is -0.385 e. The van der Waals surface area contributed by atoms with Crippen molar-refractivity contribution in [3.63, 3.8) is 0 Å². The zero-order chi connectivity index (χ0) is 21.3. The Morgan fingerprint density at radius 2 is 1.83 bits per heavy atom. The molecule has 1 unspecified atom stereocenters. The van der Waals surface area contributed by atoms with E-state index in [1.807, 2.05) is 43.5 Å². The number of rotatable bonds is 4. The molecule has 30 heavy (non-hydrogen) atoms. The normalized spacial score (nSPS) is 18.1. The summed E-state index contributed by atoms with van der Waals surface area (Å²) in [6.07, 6.45) is 1.10. The minimum absolute atomic E-state index is 0.187. The zero-order valence-electron chi connectivity index (χ0n) is 16.5. The quantitative estimate of drug-likeness (QED) is 0.652. The first kappa shape index (κ1) is 19.9. The fraction of sp³-hybridized carbons (Fsp3) is 0.167. The van der Waals surface area contributed by atoms with E-state index in [9.17, 15) is 13.2 Å². The highest BCUT2D eigenvalue weighted by molar-refractivity contribution is 5.68. The number of nitrogens with one attached hydrogen (secondary N) is 3. The summed E-state index contributed by atoms with van der Waals surface area (Å²) in [6.45, 7) is 6.66. The molecule has 3 nitrogen and oxygen atoms in total. The predicted octanol–water partition coefficient (Wildman–Crippen LogP) is 5.17. The van der Waals surface area contributed by atoms with Gasteiger partial charge >= 0.3 is 6.18 Å². The molecule has 0 saturated heterocycles. The van der Waals surface area contributed by atoms with Crippen LogP contribution in [0.15, 0.2) is 90.4 Å². The third-order valence-electron chi connectivity index (χ3n) is 5.28. The van der Waals surface area contributed by atoms with Crippen LogP contribution in [0.5, 0.6) is 0 Å². The summed E-state index contributed by atoms with van der Waals surface area (Å²) >= 11 is 0. The first-order chi connectivity index (χ1) is 14.3. The lowest BCUT2D eigenvalue weighted by Gasteiger charge is -2.32. The van der Waals surface area contributed by atoms with E-state index in [1.54, 1.807) is 12.1 Å². The molecule has 0 aliphatic carbocycles. The number of halogens is 3. The third-order valence-corrected chi connectivity index (χ3v) is 5.28. The Morgan fingerprint density at radius 3 is 2.60 bits per heavy atom. The molecular formula is C24H22F3N3. The van der Waals surface area contributed by atoms with Crippen LogP contribution in [0.1, 0.15) is 28.3 Å². The molecule has 0 spiro atoms. The number of dihydropyridines is 2. The fourth-order valence-corrected chi connectivity index (χ4v) is 3.81. The number of aryl methyl sites for hydroxylation is 1. The minimum atomic E-state index is -4.43. The van der Waals surface area contributed by atoms with Crippen LogP contribution < -0.4 is 16.0 Å². The monoisotopic (exact) mass is 409 g/mol. The first-order valence-corrected chi connectivity index (χ1v) is 9.64. The number of benzene rings is 2. The fourth-order valence-electron chi connectivity index (χ4n) is 3.81. The summed E-state index contributed by atoms with van der Waals surface area (Å²) < 4.78 is 40.8. The van der Waals surface area contributed by atoms with Crippen molar-refractivity contribution < 1.29 is 13.2 Å². The number of alkyl halides is 3. The highest BCUT2D eigenvalue weighted by Crippen LogP contribution is 2.37. The molecule has 3 N–H and O–H groups in total. The van der Waals surface area contributed by atoms with Gasteiger partial charge in [-0.25, -0.2) is 0 Å². The number of allylic oxidation sites excluding steroid dienone is 1. The molecule has 0 aromatic heterocycles. The van der Waals surface area contributed by atoms with Gasteiger partial charge in [0, 0.05) is 28.2 Å². The average molecular weight is 409 g/mol. The largest absolute Gasteiger partial charge is 0.416 e. The summed E-state index contributed by atoms with van der Waals surface area (Å²) in [5, 5.41) is 9.71. The van der Waals surface area contributed by atoms with Gasteiger partial charge in [0.05, 0.1) is 18.2 Å². The van der Waals surface area contributed by atoms with E-state index in [2.05, 4.69) is 22.5 Å². The second-order valence-electron chi connectivity index (χ2n) is 7.31. The van der Waals surface area contributed by atoms with Crippen LogP contribution in [0.25, 0.3) is 5.70 Å². The van der Waals surface area contributed by atoms with Crippen molar-refractivity contribution in [3.05, 3.63) is 113 Å². The van der Waals surface area contributed by atoms with Crippen molar-refractivity contribution in [1.29, 1.82) is 0 Å². The molecule has 4 rings (SSSR count). The Hall–Kier alpha value is -3.41. The van der Waals surface area contributed by atoms with E-state index < -0.39 is 17.8 Å². The number of hydrogen-bond donors (Lipinski definition) is 3. The summed E-state index contributed by atoms with van der Waals surface area (Å²) in [4.78, 5) is 0. The maximum Gasteiger partial charge on any atom is 0.416 e. The Labute approximate surface area is 173 Å². The summed E-state index contributed by atoms with van der Waals surface area (Å²) in [5.74, 6) is 0. The Balaban J connectivity index is 1.73. The molecule has 0 fully saturated rings. The standard InChI is InChI=1S/C24H22F3N3/c1-15-7-3-4-8-17(15)16(2)29-22-13-21(30-23-14-28-12-11-19(22)23)18-9-5-6-10-20(18)24(25,26)27/h3-13,21,28-30H,2,14H2,1H3. The van der Waals surface area contributed by atoms with E-state index in [-0.39, 0.29) is 5.56 Å². The topological polar surface area (TPSA) is 36.1 Å². The Kier molecular flexibility index (Phi) is 5.16. The van der Waals surface area contributed by atoms with Gasteiger partial charge in [0.25, 0.3) is 0 Å². The van der Waals surface area contributed by atoms with E-state index in [4.69, 9.17) is 0 Å². The molecule has 2 aromatic rings. The molecule has 1 atom stereocenters. The molecule has 2 aliphatic rings. The van der Waals surface area contributed by atoms with Crippen molar-refractivity contribution in [1.82, 2.24) is 16.0 Å². The van der Waals surface area contributed by atoms with Crippen molar-refractivity contribution >= 4 is 5.70 Å². The highest BCUT2D eigenvalue weighted by Gasteiger charge is 2.36. The van der Waals surface area contributed by atoms with Crippen molar-refractivity contribution in [3.8, 4) is 0 Å². The van der Waals surface area contributed by atoms with Gasteiger partial charge in [-0.05, 0) is 42.5 Å². The molecule has 154 valence electrons. The molecular weight excluding hydrogens is 387 g/mol. The average Bonchev–Trinajstić information content (AvgIpc) is 2.73. The lowest BCUT2D eigenvalue weighted by Crippen LogP contribution is -2.35. The maximum atomic E-state index is 13.6. The van der Waals surface area contributed by atoms with Gasteiger partial charge < -0.3 is 16.0 Å².